The third-order valence-corrected chi connectivity index (χ3v) is 1.80. The second-order valence-corrected chi connectivity index (χ2v) is 2.62. The van der Waals surface area contributed by atoms with Crippen LogP contribution >= 0.6 is 0 Å². The van der Waals surface area contributed by atoms with Gasteiger partial charge in [0.15, 0.2) is 11.8 Å². The summed E-state index contributed by atoms with van der Waals surface area (Å²) < 4.78 is 4.50. The lowest BCUT2D eigenvalue weighted by atomic mass is 10.1. The maximum absolute atomic E-state index is 10.9. The smallest absolute Gasteiger partial charge is 0.382 e. The molecule has 6 nitrogen and oxygen atoms in total. The number of aliphatic hydroxyl groups excluding tert-OH is 1. The first-order chi connectivity index (χ1) is 6.11. The molecule has 0 unspecified atom stereocenters. The number of Topliss-reactive ketones (excluding diaryl/α,β-unsaturated/α-hetero) is 1. The highest BCUT2D eigenvalue weighted by Crippen LogP contribution is 2.14. The van der Waals surface area contributed by atoms with Gasteiger partial charge in [-0.15, -0.1) is 0 Å². The van der Waals surface area contributed by atoms with E-state index in [0.717, 1.165) is 0 Å². The molecule has 6 heteroatoms. The average Bonchev–Trinajstić information content (AvgIpc) is 2.42. The van der Waals surface area contributed by atoms with Gasteiger partial charge in [0.25, 0.3) is 5.78 Å². The summed E-state index contributed by atoms with van der Waals surface area (Å²) in [7, 11) is 0. The first-order valence-electron chi connectivity index (χ1n) is 3.77. The van der Waals surface area contributed by atoms with Crippen LogP contribution in [0, 0.1) is 0 Å². The van der Waals surface area contributed by atoms with E-state index in [-0.39, 0.29) is 0 Å². The molecule has 0 bridgehead atoms. The first-order valence-corrected chi connectivity index (χ1v) is 3.77. The third kappa shape index (κ3) is 1.52. The van der Waals surface area contributed by atoms with E-state index in [9.17, 15) is 14.7 Å². The predicted octanol–water partition coefficient (Wildman–Crippen LogP) is -0.918. The van der Waals surface area contributed by atoms with Crippen LogP contribution in [0.4, 0.5) is 0 Å². The fourth-order valence-electron chi connectivity index (χ4n) is 1.04. The van der Waals surface area contributed by atoms with E-state index in [1.54, 1.807) is 6.92 Å². The van der Waals surface area contributed by atoms with Gasteiger partial charge in [0.1, 0.15) is 0 Å². The van der Waals surface area contributed by atoms with E-state index in [2.05, 4.69) is 9.89 Å². The van der Waals surface area contributed by atoms with Crippen molar-refractivity contribution in [1.29, 1.82) is 0 Å². The summed E-state index contributed by atoms with van der Waals surface area (Å²) in [5.41, 5.74) is -0.431. The molecule has 1 aliphatic heterocycles. The Labute approximate surface area is 73.8 Å². The van der Waals surface area contributed by atoms with Crippen LogP contribution in [0.3, 0.4) is 0 Å². The average molecular weight is 187 g/mol. The number of cyclic esters (lactones) is 1. The minimum absolute atomic E-state index is 0.296. The molecular formula is C7H9NO5. The van der Waals surface area contributed by atoms with Crippen LogP contribution in [0.2, 0.25) is 0 Å². The van der Waals surface area contributed by atoms with E-state index in [0.29, 0.717) is 6.42 Å². The zero-order chi connectivity index (χ0) is 10.0. The largest absolute Gasteiger partial charge is 0.447 e. The van der Waals surface area contributed by atoms with Gasteiger partial charge >= 0.3 is 5.97 Å². The van der Waals surface area contributed by atoms with Gasteiger partial charge in [0, 0.05) is 0 Å². The number of oxime groups is 1. The number of rotatable bonds is 2. The number of nitrogens with zero attached hydrogens (tertiary/aromatic N) is 1. The molecule has 0 aromatic carbocycles. The molecule has 2 atom stereocenters. The van der Waals surface area contributed by atoms with Crippen molar-refractivity contribution in [1.82, 2.24) is 0 Å². The van der Waals surface area contributed by atoms with Gasteiger partial charge in [-0.1, -0.05) is 12.1 Å². The van der Waals surface area contributed by atoms with Crippen molar-refractivity contribution in [3.05, 3.63) is 0 Å². The number of aliphatic hydroxyl groups is 1. The quantitative estimate of drug-likeness (QED) is 0.252. The Hall–Kier alpha value is -1.43. The summed E-state index contributed by atoms with van der Waals surface area (Å²) in [6.45, 7) is 1.65. The van der Waals surface area contributed by atoms with Gasteiger partial charge in [-0.2, -0.15) is 0 Å². The van der Waals surface area contributed by atoms with Crippen molar-refractivity contribution in [2.75, 3.05) is 0 Å². The summed E-state index contributed by atoms with van der Waals surface area (Å²) >= 11 is 0. The fraction of sp³-hybridized carbons (Fsp3) is 0.571. The van der Waals surface area contributed by atoms with Crippen LogP contribution in [-0.4, -0.2) is 40.0 Å². The maximum atomic E-state index is 10.9. The van der Waals surface area contributed by atoms with Crippen LogP contribution in [0.5, 0.6) is 0 Å². The molecule has 0 aromatic rings. The topological polar surface area (TPSA) is 96.2 Å². The summed E-state index contributed by atoms with van der Waals surface area (Å²) in [6, 6.07) is 0. The molecule has 0 aliphatic carbocycles. The second-order valence-electron chi connectivity index (χ2n) is 2.62. The van der Waals surface area contributed by atoms with Crippen LogP contribution in [0.15, 0.2) is 5.16 Å². The van der Waals surface area contributed by atoms with Crippen LogP contribution in [0.25, 0.3) is 0 Å². The molecule has 1 rings (SSSR count). The molecule has 1 saturated heterocycles. The minimum Gasteiger partial charge on any atom is -0.447 e. The molecule has 72 valence electrons. The molecule has 0 saturated carbocycles. The van der Waals surface area contributed by atoms with Gasteiger partial charge < -0.3 is 15.1 Å². The summed E-state index contributed by atoms with van der Waals surface area (Å²) in [5.74, 6) is -2.09. The van der Waals surface area contributed by atoms with Crippen LogP contribution in [0.1, 0.15) is 13.3 Å². The maximum Gasteiger partial charge on any atom is 0.382 e. The lowest BCUT2D eigenvalue weighted by Gasteiger charge is -2.13. The van der Waals surface area contributed by atoms with E-state index in [4.69, 9.17) is 5.21 Å². The number of esters is 1. The van der Waals surface area contributed by atoms with E-state index in [1.165, 1.54) is 0 Å². The number of carbonyl (C=O) groups is 2. The molecule has 1 heterocycles. The van der Waals surface area contributed by atoms with E-state index >= 15 is 0 Å². The predicted molar refractivity (Wildman–Crippen MR) is 40.4 cm³/mol. The number of hydrogen-bond donors (Lipinski definition) is 2. The molecule has 0 radical (unpaired) electrons. The molecule has 0 spiro atoms. The van der Waals surface area contributed by atoms with Crippen molar-refractivity contribution in [2.45, 2.75) is 25.6 Å². The fourth-order valence-corrected chi connectivity index (χ4v) is 1.04. The van der Waals surface area contributed by atoms with Gasteiger partial charge in [-0.3, -0.25) is 4.79 Å². The van der Waals surface area contributed by atoms with Gasteiger partial charge in [-0.05, 0) is 6.42 Å². The van der Waals surface area contributed by atoms with Crippen molar-refractivity contribution in [2.24, 2.45) is 5.16 Å². The van der Waals surface area contributed by atoms with Crippen molar-refractivity contribution in [3.63, 3.8) is 0 Å². The minimum atomic E-state index is -1.13. The number of ketones is 1. The van der Waals surface area contributed by atoms with Crippen molar-refractivity contribution in [3.8, 4) is 0 Å². The Morgan fingerprint density at radius 2 is 2.23 bits per heavy atom. The zero-order valence-electron chi connectivity index (χ0n) is 6.93. The Kier molecular flexibility index (Phi) is 2.62. The lowest BCUT2D eigenvalue weighted by Crippen LogP contribution is -2.32. The highest BCUT2D eigenvalue weighted by Gasteiger charge is 2.44. The summed E-state index contributed by atoms with van der Waals surface area (Å²) in [6.07, 6.45) is -1.85. The van der Waals surface area contributed by atoms with E-state index < -0.39 is 29.7 Å². The first kappa shape index (κ1) is 9.66. The molecule has 0 amide bonds. The zero-order valence-corrected chi connectivity index (χ0v) is 6.93. The summed E-state index contributed by atoms with van der Waals surface area (Å²) in [4.78, 5) is 21.6. The van der Waals surface area contributed by atoms with Crippen LogP contribution < -0.4 is 0 Å². The van der Waals surface area contributed by atoms with Gasteiger partial charge in [0.2, 0.25) is 0 Å². The van der Waals surface area contributed by atoms with Crippen LogP contribution in [-0.2, 0) is 14.3 Å². The SMILES string of the molecule is CC[C@H](O)[C@H]1OC(=O)C(=O)C1=NO. The lowest BCUT2D eigenvalue weighted by molar-refractivity contribution is -0.151. The van der Waals surface area contributed by atoms with Crippen molar-refractivity contribution >= 4 is 17.5 Å². The Bertz CT molecular complexity index is 272. The molecule has 1 fully saturated rings. The van der Waals surface area contributed by atoms with E-state index in [1.807, 2.05) is 0 Å². The molecule has 2 N–H and O–H groups in total. The molecule has 13 heavy (non-hydrogen) atoms. The summed E-state index contributed by atoms with van der Waals surface area (Å²) in [5, 5.41) is 20.3. The third-order valence-electron chi connectivity index (χ3n) is 1.80. The Morgan fingerprint density at radius 3 is 2.69 bits per heavy atom. The van der Waals surface area contributed by atoms with Gasteiger partial charge in [-0.25, -0.2) is 4.79 Å². The number of ether oxygens (including phenoxy) is 1. The normalized spacial score (nSPS) is 27.8. The molecular weight excluding hydrogens is 178 g/mol. The Balaban J connectivity index is 2.89. The Morgan fingerprint density at radius 1 is 1.62 bits per heavy atom. The van der Waals surface area contributed by atoms with Gasteiger partial charge in [0.05, 0.1) is 6.10 Å². The van der Waals surface area contributed by atoms with Crippen molar-refractivity contribution < 1.29 is 24.6 Å². The molecule has 0 aromatic heterocycles. The second kappa shape index (κ2) is 3.53. The monoisotopic (exact) mass is 187 g/mol. The molecule has 1 aliphatic rings. The number of carbonyl (C=O) groups excluding carboxylic acids is 2. The standard InChI is InChI=1S/C7H9NO5/c1-2-3(9)6-4(8-12)5(10)7(11)13-6/h3,6,9,12H,2H2,1H3/t3-,6+/m0/s1. The highest BCUT2D eigenvalue weighted by atomic mass is 16.6. The highest BCUT2D eigenvalue weighted by molar-refractivity contribution is 6.67. The number of hydrogen-bond acceptors (Lipinski definition) is 6.